The second-order valence-electron chi connectivity index (χ2n) is 6.12. The minimum absolute atomic E-state index is 0.139. The molecule has 1 amide bonds. The summed E-state index contributed by atoms with van der Waals surface area (Å²) in [5, 5.41) is 5.44. The maximum Gasteiger partial charge on any atom is 0.416 e. The van der Waals surface area contributed by atoms with Crippen LogP contribution in [0.3, 0.4) is 0 Å². The third kappa shape index (κ3) is 5.29. The zero-order valence-electron chi connectivity index (χ0n) is 13.7. The number of carbonyl (C=O) groups is 1. The second kappa shape index (κ2) is 7.23. The van der Waals surface area contributed by atoms with E-state index in [1.807, 2.05) is 0 Å². The predicted octanol–water partition coefficient (Wildman–Crippen LogP) is 4.31. The molecule has 3 nitrogen and oxygen atoms in total. The van der Waals surface area contributed by atoms with Crippen LogP contribution in [0.2, 0.25) is 0 Å². The maximum absolute atomic E-state index is 13.1. The molecule has 0 aliphatic heterocycles. The van der Waals surface area contributed by atoms with Gasteiger partial charge < -0.3 is 5.32 Å². The molecule has 0 spiro atoms. The largest absolute Gasteiger partial charge is 0.416 e. The average Bonchev–Trinajstić information content (AvgIpc) is 2.52. The van der Waals surface area contributed by atoms with Crippen molar-refractivity contribution in [1.29, 1.82) is 0 Å². The SMILES string of the molecule is CC(C)(NCC(=O)Nc1cccc(F)c1)c1cccc(C(F)(F)F)c1. The first-order chi connectivity index (χ1) is 11.6. The summed E-state index contributed by atoms with van der Waals surface area (Å²) in [7, 11) is 0. The van der Waals surface area contributed by atoms with Gasteiger partial charge in [-0.2, -0.15) is 13.2 Å². The molecule has 7 heteroatoms. The number of halogens is 4. The molecule has 0 saturated carbocycles. The summed E-state index contributed by atoms with van der Waals surface area (Å²) in [4.78, 5) is 12.0. The minimum Gasteiger partial charge on any atom is -0.325 e. The van der Waals surface area contributed by atoms with Crippen molar-refractivity contribution >= 4 is 11.6 Å². The molecule has 0 aliphatic rings. The lowest BCUT2D eigenvalue weighted by molar-refractivity contribution is -0.137. The molecule has 25 heavy (non-hydrogen) atoms. The van der Waals surface area contributed by atoms with Crippen LogP contribution in [-0.2, 0) is 16.5 Å². The molecule has 2 aromatic rings. The summed E-state index contributed by atoms with van der Waals surface area (Å²) in [5.74, 6) is -0.902. The zero-order chi connectivity index (χ0) is 18.7. The van der Waals surface area contributed by atoms with E-state index >= 15 is 0 Å². The van der Waals surface area contributed by atoms with Gasteiger partial charge in [-0.3, -0.25) is 10.1 Å². The molecule has 0 unspecified atom stereocenters. The smallest absolute Gasteiger partial charge is 0.325 e. The summed E-state index contributed by atoms with van der Waals surface area (Å²) in [5.41, 5.74) is -0.894. The number of amides is 1. The number of rotatable bonds is 5. The molecule has 0 aromatic heterocycles. The van der Waals surface area contributed by atoms with E-state index in [1.165, 1.54) is 24.3 Å². The highest BCUT2D eigenvalue weighted by Crippen LogP contribution is 2.31. The van der Waals surface area contributed by atoms with Crippen molar-refractivity contribution in [2.45, 2.75) is 25.6 Å². The van der Waals surface area contributed by atoms with Gasteiger partial charge in [0.15, 0.2) is 0 Å². The lowest BCUT2D eigenvalue weighted by atomic mass is 9.92. The highest BCUT2D eigenvalue weighted by molar-refractivity contribution is 5.92. The summed E-state index contributed by atoms with van der Waals surface area (Å²) in [6.45, 7) is 3.22. The van der Waals surface area contributed by atoms with Crippen molar-refractivity contribution in [3.05, 3.63) is 65.5 Å². The lowest BCUT2D eigenvalue weighted by Crippen LogP contribution is -2.41. The maximum atomic E-state index is 13.1. The Hall–Kier alpha value is -2.41. The predicted molar refractivity (Wildman–Crippen MR) is 87.5 cm³/mol. The van der Waals surface area contributed by atoms with E-state index in [2.05, 4.69) is 10.6 Å². The number of hydrogen-bond acceptors (Lipinski definition) is 2. The number of hydrogen-bond donors (Lipinski definition) is 2. The van der Waals surface area contributed by atoms with E-state index in [1.54, 1.807) is 26.0 Å². The highest BCUT2D eigenvalue weighted by Gasteiger charge is 2.32. The number of anilines is 1. The summed E-state index contributed by atoms with van der Waals surface area (Å²) in [6, 6.07) is 10.4. The number of nitrogens with one attached hydrogen (secondary N) is 2. The van der Waals surface area contributed by atoms with E-state index in [0.717, 1.165) is 12.1 Å². The third-order valence-electron chi connectivity index (χ3n) is 3.71. The molecular formula is C18H18F4N2O. The molecule has 0 atom stereocenters. The van der Waals surface area contributed by atoms with Gasteiger partial charge in [-0.25, -0.2) is 4.39 Å². The highest BCUT2D eigenvalue weighted by atomic mass is 19.4. The molecular weight excluding hydrogens is 336 g/mol. The fourth-order valence-electron chi connectivity index (χ4n) is 2.26. The Labute approximate surface area is 143 Å². The topological polar surface area (TPSA) is 41.1 Å². The van der Waals surface area contributed by atoms with E-state index in [4.69, 9.17) is 0 Å². The lowest BCUT2D eigenvalue weighted by Gasteiger charge is -2.27. The minimum atomic E-state index is -4.43. The van der Waals surface area contributed by atoms with Crippen LogP contribution in [-0.4, -0.2) is 12.5 Å². The van der Waals surface area contributed by atoms with Crippen LogP contribution in [0, 0.1) is 5.82 Å². The van der Waals surface area contributed by atoms with E-state index in [0.29, 0.717) is 11.3 Å². The van der Waals surface area contributed by atoms with Crippen molar-refractivity contribution in [2.75, 3.05) is 11.9 Å². The van der Waals surface area contributed by atoms with Crippen LogP contribution in [0.4, 0.5) is 23.2 Å². The van der Waals surface area contributed by atoms with Crippen LogP contribution in [0.1, 0.15) is 25.0 Å². The first kappa shape index (κ1) is 18.9. The Balaban J connectivity index is 2.02. The van der Waals surface area contributed by atoms with Gasteiger partial charge in [0.05, 0.1) is 12.1 Å². The van der Waals surface area contributed by atoms with Crippen molar-refractivity contribution in [1.82, 2.24) is 5.32 Å². The van der Waals surface area contributed by atoms with Gasteiger partial charge >= 0.3 is 6.18 Å². The summed E-state index contributed by atoms with van der Waals surface area (Å²) < 4.78 is 51.6. The van der Waals surface area contributed by atoms with Crippen molar-refractivity contribution in [3.63, 3.8) is 0 Å². The fraction of sp³-hybridized carbons (Fsp3) is 0.278. The molecule has 2 aromatic carbocycles. The van der Waals surface area contributed by atoms with Crippen LogP contribution < -0.4 is 10.6 Å². The standard InChI is InChI=1S/C18H18F4N2O/c1-17(2,12-5-3-6-13(9-12)18(20,21)22)23-11-16(25)24-15-8-4-7-14(19)10-15/h3-10,23H,11H2,1-2H3,(H,24,25). The van der Waals surface area contributed by atoms with Gasteiger partial charge in [-0.1, -0.05) is 18.2 Å². The van der Waals surface area contributed by atoms with Gasteiger partial charge in [0.1, 0.15) is 5.82 Å². The van der Waals surface area contributed by atoms with Crippen molar-refractivity contribution in [3.8, 4) is 0 Å². The molecule has 0 bridgehead atoms. The second-order valence-corrected chi connectivity index (χ2v) is 6.12. The Morgan fingerprint density at radius 3 is 2.28 bits per heavy atom. The van der Waals surface area contributed by atoms with Gasteiger partial charge in [0.2, 0.25) is 5.91 Å². The molecule has 2 N–H and O–H groups in total. The van der Waals surface area contributed by atoms with Gasteiger partial charge in [0.25, 0.3) is 0 Å². The van der Waals surface area contributed by atoms with E-state index in [-0.39, 0.29) is 6.54 Å². The van der Waals surface area contributed by atoms with Crippen LogP contribution in [0.5, 0.6) is 0 Å². The van der Waals surface area contributed by atoms with Crippen LogP contribution in [0.15, 0.2) is 48.5 Å². The van der Waals surface area contributed by atoms with E-state index < -0.39 is 29.0 Å². The first-order valence-corrected chi connectivity index (χ1v) is 7.56. The Morgan fingerprint density at radius 2 is 1.64 bits per heavy atom. The molecule has 0 aliphatic carbocycles. The van der Waals surface area contributed by atoms with Crippen molar-refractivity contribution in [2.24, 2.45) is 0 Å². The first-order valence-electron chi connectivity index (χ1n) is 7.56. The van der Waals surface area contributed by atoms with Crippen molar-refractivity contribution < 1.29 is 22.4 Å². The number of alkyl halides is 3. The fourth-order valence-corrected chi connectivity index (χ4v) is 2.26. The van der Waals surface area contributed by atoms with Crippen LogP contribution >= 0.6 is 0 Å². The van der Waals surface area contributed by atoms with Crippen LogP contribution in [0.25, 0.3) is 0 Å². The molecule has 0 fully saturated rings. The molecule has 2 rings (SSSR count). The molecule has 0 radical (unpaired) electrons. The summed E-state index contributed by atoms with van der Waals surface area (Å²) >= 11 is 0. The molecule has 134 valence electrons. The van der Waals surface area contributed by atoms with Gasteiger partial charge in [-0.15, -0.1) is 0 Å². The van der Waals surface area contributed by atoms with Gasteiger partial charge in [0, 0.05) is 11.2 Å². The zero-order valence-corrected chi connectivity index (χ0v) is 13.7. The monoisotopic (exact) mass is 354 g/mol. The Morgan fingerprint density at radius 1 is 1.00 bits per heavy atom. The molecule has 0 saturated heterocycles. The number of benzene rings is 2. The average molecular weight is 354 g/mol. The Kier molecular flexibility index (Phi) is 5.47. The summed E-state index contributed by atoms with van der Waals surface area (Å²) in [6.07, 6.45) is -4.43. The third-order valence-corrected chi connectivity index (χ3v) is 3.71. The van der Waals surface area contributed by atoms with E-state index in [9.17, 15) is 22.4 Å². The normalized spacial score (nSPS) is 12.1. The quantitative estimate of drug-likeness (QED) is 0.786. The van der Waals surface area contributed by atoms with Gasteiger partial charge in [-0.05, 0) is 49.7 Å². The Bertz CT molecular complexity index is 757. The number of carbonyl (C=O) groups excluding carboxylic acids is 1. The molecule has 0 heterocycles.